The zero-order valence-corrected chi connectivity index (χ0v) is 19.6. The Morgan fingerprint density at radius 1 is 0.968 bits per heavy atom. The Kier molecular flexibility index (Phi) is 6.53. The number of aromatic nitrogens is 3. The van der Waals surface area contributed by atoms with E-state index in [1.165, 1.54) is 11.8 Å². The number of aryl methyl sites for hydroxylation is 2. The van der Waals surface area contributed by atoms with Crippen LogP contribution in [-0.4, -0.2) is 26.4 Å². The van der Waals surface area contributed by atoms with Gasteiger partial charge in [-0.1, -0.05) is 70.2 Å². The summed E-state index contributed by atoms with van der Waals surface area (Å²) < 4.78 is 2.91. The van der Waals surface area contributed by atoms with Gasteiger partial charge in [-0.05, 0) is 55.3 Å². The van der Waals surface area contributed by atoms with Crippen molar-refractivity contribution in [1.29, 1.82) is 0 Å². The Morgan fingerprint density at radius 3 is 2.35 bits per heavy atom. The Labute approximate surface area is 194 Å². The van der Waals surface area contributed by atoms with Crippen LogP contribution in [0.3, 0.4) is 0 Å². The molecule has 0 saturated carbocycles. The summed E-state index contributed by atoms with van der Waals surface area (Å²) in [5, 5.41) is 12.5. The number of para-hydroxylation sites is 1. The van der Waals surface area contributed by atoms with Crippen LogP contribution in [0.15, 0.2) is 82.4 Å². The van der Waals surface area contributed by atoms with Crippen molar-refractivity contribution in [1.82, 2.24) is 14.8 Å². The molecule has 1 aromatic heterocycles. The monoisotopic (exact) mass is 492 g/mol. The van der Waals surface area contributed by atoms with Gasteiger partial charge in [0.2, 0.25) is 5.91 Å². The minimum absolute atomic E-state index is 0.0833. The number of carbonyl (C=O) groups is 1. The predicted octanol–water partition coefficient (Wildman–Crippen LogP) is 6.04. The van der Waals surface area contributed by atoms with Crippen molar-refractivity contribution < 1.29 is 4.79 Å². The molecule has 0 aliphatic heterocycles. The molecule has 5 nitrogen and oxygen atoms in total. The normalized spacial score (nSPS) is 10.8. The maximum Gasteiger partial charge on any atom is 0.234 e. The summed E-state index contributed by atoms with van der Waals surface area (Å²) in [5.74, 6) is 0.865. The second kappa shape index (κ2) is 9.49. The first-order valence-corrected chi connectivity index (χ1v) is 11.6. The third kappa shape index (κ3) is 5.06. The molecule has 1 heterocycles. The van der Waals surface area contributed by atoms with E-state index < -0.39 is 0 Å². The highest BCUT2D eigenvalue weighted by Crippen LogP contribution is 2.32. The van der Waals surface area contributed by atoms with Crippen LogP contribution in [0, 0.1) is 13.8 Å². The molecular formula is C24H21BrN4OS. The molecule has 0 saturated heterocycles. The van der Waals surface area contributed by atoms with E-state index in [-0.39, 0.29) is 11.7 Å². The number of nitrogens with one attached hydrogen (secondary N) is 1. The Morgan fingerprint density at radius 2 is 1.65 bits per heavy atom. The van der Waals surface area contributed by atoms with E-state index in [0.717, 1.165) is 38.4 Å². The van der Waals surface area contributed by atoms with Crippen molar-refractivity contribution in [2.75, 3.05) is 11.1 Å². The zero-order chi connectivity index (χ0) is 21.8. The predicted molar refractivity (Wildman–Crippen MR) is 130 cm³/mol. The average Bonchev–Trinajstić information content (AvgIpc) is 3.16. The van der Waals surface area contributed by atoms with Crippen LogP contribution >= 0.6 is 27.7 Å². The van der Waals surface area contributed by atoms with Gasteiger partial charge in [0.05, 0.1) is 5.75 Å². The second-order valence-corrected chi connectivity index (χ2v) is 8.97. The number of thioether (sulfide) groups is 1. The van der Waals surface area contributed by atoms with Crippen molar-refractivity contribution in [3.05, 3.63) is 88.4 Å². The SMILES string of the molecule is Cc1cc(C)cc(NC(=O)CSc2nnc(-c3ccccc3Br)n2-c2ccccc2)c1. The van der Waals surface area contributed by atoms with Crippen LogP contribution in [-0.2, 0) is 4.79 Å². The Bertz CT molecular complexity index is 1200. The molecule has 0 aliphatic rings. The minimum Gasteiger partial charge on any atom is -0.325 e. The molecule has 0 bridgehead atoms. The molecule has 0 aliphatic carbocycles. The van der Waals surface area contributed by atoms with E-state index >= 15 is 0 Å². The molecule has 0 fully saturated rings. The second-order valence-electron chi connectivity index (χ2n) is 7.17. The highest BCUT2D eigenvalue weighted by molar-refractivity contribution is 9.10. The molecule has 4 aromatic rings. The number of carbonyl (C=O) groups excluding carboxylic acids is 1. The third-order valence-corrected chi connectivity index (χ3v) is 6.22. The quantitative estimate of drug-likeness (QED) is 0.333. The number of benzene rings is 3. The first kappa shape index (κ1) is 21.3. The fourth-order valence-corrected chi connectivity index (χ4v) is 4.58. The Hall–Kier alpha value is -2.90. The maximum atomic E-state index is 12.6. The highest BCUT2D eigenvalue weighted by Gasteiger charge is 2.18. The van der Waals surface area contributed by atoms with E-state index in [1.807, 2.05) is 85.1 Å². The first-order chi connectivity index (χ1) is 15.0. The number of halogens is 1. The largest absolute Gasteiger partial charge is 0.325 e. The molecule has 3 aromatic carbocycles. The summed E-state index contributed by atoms with van der Waals surface area (Å²) in [6, 6.07) is 23.8. The van der Waals surface area contributed by atoms with Gasteiger partial charge in [0.15, 0.2) is 11.0 Å². The maximum absolute atomic E-state index is 12.6. The average molecular weight is 493 g/mol. The van der Waals surface area contributed by atoms with Crippen LogP contribution in [0.2, 0.25) is 0 Å². The molecular weight excluding hydrogens is 472 g/mol. The van der Waals surface area contributed by atoms with Crippen LogP contribution in [0.5, 0.6) is 0 Å². The molecule has 0 radical (unpaired) electrons. The third-order valence-electron chi connectivity index (χ3n) is 4.60. The lowest BCUT2D eigenvalue weighted by molar-refractivity contribution is -0.113. The van der Waals surface area contributed by atoms with Gasteiger partial charge in [0.1, 0.15) is 0 Å². The van der Waals surface area contributed by atoms with Crippen LogP contribution in [0.4, 0.5) is 5.69 Å². The smallest absolute Gasteiger partial charge is 0.234 e. The van der Waals surface area contributed by atoms with E-state index in [0.29, 0.717) is 5.16 Å². The molecule has 1 N–H and O–H groups in total. The summed E-state index contributed by atoms with van der Waals surface area (Å²) in [5.41, 5.74) is 4.91. The van der Waals surface area contributed by atoms with Crippen LogP contribution in [0.25, 0.3) is 17.1 Å². The van der Waals surface area contributed by atoms with E-state index in [1.54, 1.807) is 0 Å². The molecule has 4 rings (SSSR count). The number of rotatable bonds is 6. The number of nitrogens with zero attached hydrogens (tertiary/aromatic N) is 3. The van der Waals surface area contributed by atoms with E-state index in [4.69, 9.17) is 0 Å². The van der Waals surface area contributed by atoms with Gasteiger partial charge in [0, 0.05) is 21.4 Å². The molecule has 0 atom stereocenters. The van der Waals surface area contributed by atoms with Gasteiger partial charge >= 0.3 is 0 Å². The topological polar surface area (TPSA) is 59.8 Å². The molecule has 1 amide bonds. The number of hydrogen-bond donors (Lipinski definition) is 1. The van der Waals surface area contributed by atoms with Crippen molar-refractivity contribution in [2.24, 2.45) is 0 Å². The Balaban J connectivity index is 1.60. The van der Waals surface area contributed by atoms with Crippen molar-refractivity contribution in [3.8, 4) is 17.1 Å². The van der Waals surface area contributed by atoms with Gasteiger partial charge in [-0.15, -0.1) is 10.2 Å². The van der Waals surface area contributed by atoms with Crippen molar-refractivity contribution >= 4 is 39.3 Å². The first-order valence-electron chi connectivity index (χ1n) is 9.78. The summed E-state index contributed by atoms with van der Waals surface area (Å²) in [4.78, 5) is 12.6. The van der Waals surface area contributed by atoms with Crippen molar-refractivity contribution in [2.45, 2.75) is 19.0 Å². The molecule has 156 valence electrons. The molecule has 0 unspecified atom stereocenters. The van der Waals surface area contributed by atoms with E-state index in [2.05, 4.69) is 37.5 Å². The van der Waals surface area contributed by atoms with Crippen LogP contribution < -0.4 is 5.32 Å². The number of hydrogen-bond acceptors (Lipinski definition) is 4. The van der Waals surface area contributed by atoms with Gasteiger partial charge in [-0.25, -0.2) is 0 Å². The highest BCUT2D eigenvalue weighted by atomic mass is 79.9. The molecule has 0 spiro atoms. The van der Waals surface area contributed by atoms with E-state index in [9.17, 15) is 4.79 Å². The number of amides is 1. The lowest BCUT2D eigenvalue weighted by Gasteiger charge is -2.11. The van der Waals surface area contributed by atoms with Gasteiger partial charge < -0.3 is 5.32 Å². The van der Waals surface area contributed by atoms with Crippen molar-refractivity contribution in [3.63, 3.8) is 0 Å². The van der Waals surface area contributed by atoms with Gasteiger partial charge in [-0.3, -0.25) is 9.36 Å². The fourth-order valence-electron chi connectivity index (χ4n) is 3.36. The summed E-state index contributed by atoms with van der Waals surface area (Å²) in [6.07, 6.45) is 0. The number of anilines is 1. The van der Waals surface area contributed by atoms with Crippen LogP contribution in [0.1, 0.15) is 11.1 Å². The fraction of sp³-hybridized carbons (Fsp3) is 0.125. The summed E-state index contributed by atoms with van der Waals surface area (Å²) in [6.45, 7) is 4.03. The standard InChI is InChI=1S/C24H21BrN4OS/c1-16-12-17(2)14-18(13-16)26-22(30)15-31-24-28-27-23(20-10-6-7-11-21(20)25)29(24)19-8-4-3-5-9-19/h3-14H,15H2,1-2H3,(H,26,30). The van der Waals surface area contributed by atoms with Gasteiger partial charge in [0.25, 0.3) is 0 Å². The lowest BCUT2D eigenvalue weighted by Crippen LogP contribution is -2.14. The molecule has 31 heavy (non-hydrogen) atoms. The van der Waals surface area contributed by atoms with Gasteiger partial charge in [-0.2, -0.15) is 0 Å². The summed E-state index contributed by atoms with van der Waals surface area (Å²) in [7, 11) is 0. The zero-order valence-electron chi connectivity index (χ0n) is 17.2. The lowest BCUT2D eigenvalue weighted by atomic mass is 10.1. The molecule has 7 heteroatoms. The minimum atomic E-state index is -0.0833. The summed E-state index contributed by atoms with van der Waals surface area (Å²) >= 11 is 4.97.